The summed E-state index contributed by atoms with van der Waals surface area (Å²) in [7, 11) is 0. The Kier molecular flexibility index (Phi) is 4.08. The van der Waals surface area contributed by atoms with Crippen LogP contribution in [-0.2, 0) is 4.74 Å². The number of nitrogens with one attached hydrogen (secondary N) is 1. The summed E-state index contributed by atoms with van der Waals surface area (Å²) in [6.45, 7) is 0. The maximum atomic E-state index is 14.2. The van der Waals surface area contributed by atoms with E-state index in [0.717, 1.165) is 21.3 Å². The number of ether oxygens (including phenoxy) is 1. The van der Waals surface area contributed by atoms with Crippen molar-refractivity contribution in [2.45, 2.75) is 12.3 Å². The topological polar surface area (TPSA) is 21.3 Å². The molecule has 0 saturated carbocycles. The Morgan fingerprint density at radius 2 is 1.62 bits per heavy atom. The van der Waals surface area contributed by atoms with Crippen LogP contribution in [0.2, 0.25) is 0 Å². The SMILES string of the molecule is Fc1ccccc1C1Nc2ccc(Br)cc2C(c2ccccc2)O1. The highest BCUT2D eigenvalue weighted by atomic mass is 79.9. The van der Waals surface area contributed by atoms with E-state index in [1.807, 2.05) is 54.6 Å². The largest absolute Gasteiger partial charge is 0.356 e. The van der Waals surface area contributed by atoms with Crippen LogP contribution in [0.1, 0.15) is 29.0 Å². The number of fused-ring (bicyclic) bond motifs is 1. The first-order chi connectivity index (χ1) is 11.7. The van der Waals surface area contributed by atoms with Gasteiger partial charge in [0.05, 0.1) is 0 Å². The average Bonchev–Trinajstić information content (AvgIpc) is 2.62. The highest BCUT2D eigenvalue weighted by Crippen LogP contribution is 2.42. The van der Waals surface area contributed by atoms with Gasteiger partial charge in [-0.25, -0.2) is 4.39 Å². The minimum absolute atomic E-state index is 0.260. The van der Waals surface area contributed by atoms with Gasteiger partial charge in [-0.15, -0.1) is 0 Å². The lowest BCUT2D eigenvalue weighted by Gasteiger charge is -2.34. The number of rotatable bonds is 2. The van der Waals surface area contributed by atoms with Crippen molar-refractivity contribution >= 4 is 21.6 Å². The minimum atomic E-state index is -0.537. The third-order valence-corrected chi connectivity index (χ3v) is 4.64. The molecule has 3 aromatic rings. The molecule has 0 radical (unpaired) electrons. The third kappa shape index (κ3) is 2.83. The summed E-state index contributed by atoms with van der Waals surface area (Å²) in [5, 5.41) is 3.30. The molecule has 2 unspecified atom stereocenters. The molecular formula is C20H15BrFNO. The predicted molar refractivity (Wildman–Crippen MR) is 96.3 cm³/mol. The zero-order valence-corrected chi connectivity index (χ0v) is 14.3. The van der Waals surface area contributed by atoms with Gasteiger partial charge in [0.1, 0.15) is 11.9 Å². The second kappa shape index (κ2) is 6.38. The quantitative estimate of drug-likeness (QED) is 0.601. The van der Waals surface area contributed by atoms with Gasteiger partial charge in [0, 0.05) is 21.3 Å². The third-order valence-electron chi connectivity index (χ3n) is 4.14. The van der Waals surface area contributed by atoms with Crippen LogP contribution in [0.5, 0.6) is 0 Å². The van der Waals surface area contributed by atoms with Crippen molar-refractivity contribution in [2.24, 2.45) is 0 Å². The fourth-order valence-electron chi connectivity index (χ4n) is 2.99. The van der Waals surface area contributed by atoms with Crippen molar-refractivity contribution in [2.75, 3.05) is 5.32 Å². The van der Waals surface area contributed by atoms with Crippen molar-refractivity contribution in [1.82, 2.24) is 0 Å². The van der Waals surface area contributed by atoms with E-state index >= 15 is 0 Å². The van der Waals surface area contributed by atoms with E-state index in [9.17, 15) is 4.39 Å². The van der Waals surface area contributed by atoms with E-state index in [4.69, 9.17) is 4.74 Å². The van der Waals surface area contributed by atoms with Crippen LogP contribution < -0.4 is 5.32 Å². The van der Waals surface area contributed by atoms with Gasteiger partial charge in [-0.05, 0) is 29.8 Å². The lowest BCUT2D eigenvalue weighted by molar-refractivity contribution is 0.0138. The first-order valence-corrected chi connectivity index (χ1v) is 8.52. The second-order valence-electron chi connectivity index (χ2n) is 5.70. The van der Waals surface area contributed by atoms with E-state index in [1.165, 1.54) is 6.07 Å². The van der Waals surface area contributed by atoms with Gasteiger partial charge in [-0.3, -0.25) is 0 Å². The summed E-state index contributed by atoms with van der Waals surface area (Å²) in [5.74, 6) is -0.276. The molecule has 0 saturated heterocycles. The average molecular weight is 384 g/mol. The Morgan fingerprint density at radius 1 is 0.875 bits per heavy atom. The molecule has 24 heavy (non-hydrogen) atoms. The number of halogens is 2. The number of hydrogen-bond donors (Lipinski definition) is 1. The van der Waals surface area contributed by atoms with Crippen LogP contribution in [-0.4, -0.2) is 0 Å². The highest BCUT2D eigenvalue weighted by Gasteiger charge is 2.30. The van der Waals surface area contributed by atoms with Gasteiger partial charge in [0.25, 0.3) is 0 Å². The van der Waals surface area contributed by atoms with E-state index in [-0.39, 0.29) is 11.9 Å². The molecule has 120 valence electrons. The molecule has 1 aliphatic heterocycles. The summed E-state index contributed by atoms with van der Waals surface area (Å²) < 4.78 is 21.4. The van der Waals surface area contributed by atoms with Crippen LogP contribution in [0.25, 0.3) is 0 Å². The Bertz CT molecular complexity index is 869. The number of anilines is 1. The maximum Gasteiger partial charge on any atom is 0.158 e. The summed E-state index contributed by atoms with van der Waals surface area (Å²) in [5.41, 5.74) is 3.53. The fraction of sp³-hybridized carbons (Fsp3) is 0.100. The molecule has 1 N–H and O–H groups in total. The van der Waals surface area contributed by atoms with E-state index in [2.05, 4.69) is 21.2 Å². The normalized spacial score (nSPS) is 19.4. The molecule has 2 atom stereocenters. The van der Waals surface area contributed by atoms with Crippen molar-refractivity contribution in [3.63, 3.8) is 0 Å². The van der Waals surface area contributed by atoms with E-state index in [1.54, 1.807) is 12.1 Å². The van der Waals surface area contributed by atoms with Gasteiger partial charge in [0.15, 0.2) is 6.23 Å². The molecule has 4 rings (SSSR count). The standard InChI is InChI=1S/C20H15BrFNO/c21-14-10-11-18-16(12-14)19(13-6-2-1-3-7-13)24-20(23-18)15-8-4-5-9-17(15)22/h1-12,19-20,23H. The molecule has 0 amide bonds. The zero-order chi connectivity index (χ0) is 16.5. The fourth-order valence-corrected chi connectivity index (χ4v) is 3.37. The molecule has 0 spiro atoms. The van der Waals surface area contributed by atoms with Crippen LogP contribution in [0.15, 0.2) is 77.3 Å². The highest BCUT2D eigenvalue weighted by molar-refractivity contribution is 9.10. The van der Waals surface area contributed by atoms with Crippen LogP contribution in [0.3, 0.4) is 0 Å². The Labute approximate surface area is 148 Å². The molecule has 1 heterocycles. The smallest absolute Gasteiger partial charge is 0.158 e. The van der Waals surface area contributed by atoms with Crippen LogP contribution >= 0.6 is 15.9 Å². The van der Waals surface area contributed by atoms with Gasteiger partial charge in [0.2, 0.25) is 0 Å². The summed E-state index contributed by atoms with van der Waals surface area (Å²) in [6.07, 6.45) is -0.797. The summed E-state index contributed by atoms with van der Waals surface area (Å²) in [6, 6.07) is 22.7. The molecular weight excluding hydrogens is 369 g/mol. The van der Waals surface area contributed by atoms with Gasteiger partial charge in [-0.1, -0.05) is 64.5 Å². The second-order valence-corrected chi connectivity index (χ2v) is 6.62. The molecule has 1 aliphatic rings. The van der Waals surface area contributed by atoms with Crippen LogP contribution in [0.4, 0.5) is 10.1 Å². The first-order valence-electron chi connectivity index (χ1n) is 7.73. The lowest BCUT2D eigenvalue weighted by atomic mass is 9.97. The number of hydrogen-bond acceptors (Lipinski definition) is 2. The van der Waals surface area contributed by atoms with Gasteiger partial charge in [-0.2, -0.15) is 0 Å². The van der Waals surface area contributed by atoms with Gasteiger partial charge < -0.3 is 10.1 Å². The summed E-state index contributed by atoms with van der Waals surface area (Å²) in [4.78, 5) is 0. The van der Waals surface area contributed by atoms with Crippen molar-refractivity contribution in [1.29, 1.82) is 0 Å². The molecule has 0 aromatic heterocycles. The van der Waals surface area contributed by atoms with Crippen molar-refractivity contribution < 1.29 is 9.13 Å². The Balaban J connectivity index is 1.81. The van der Waals surface area contributed by atoms with E-state index in [0.29, 0.717) is 5.56 Å². The zero-order valence-electron chi connectivity index (χ0n) is 12.7. The minimum Gasteiger partial charge on any atom is -0.356 e. The maximum absolute atomic E-state index is 14.2. The lowest BCUT2D eigenvalue weighted by Crippen LogP contribution is -2.25. The summed E-state index contributed by atoms with van der Waals surface area (Å²) >= 11 is 3.52. The number of benzene rings is 3. The van der Waals surface area contributed by atoms with Crippen molar-refractivity contribution in [3.8, 4) is 0 Å². The molecule has 0 fully saturated rings. The van der Waals surface area contributed by atoms with Crippen molar-refractivity contribution in [3.05, 3.63) is 99.8 Å². The predicted octanol–water partition coefficient (Wildman–Crippen LogP) is 5.82. The first kappa shape index (κ1) is 15.4. The molecule has 4 heteroatoms. The van der Waals surface area contributed by atoms with E-state index < -0.39 is 6.23 Å². The Hall–Kier alpha value is -2.17. The molecule has 2 nitrogen and oxygen atoms in total. The molecule has 0 aliphatic carbocycles. The van der Waals surface area contributed by atoms with Gasteiger partial charge >= 0.3 is 0 Å². The van der Waals surface area contributed by atoms with Crippen LogP contribution in [0, 0.1) is 5.82 Å². The molecule has 0 bridgehead atoms. The Morgan fingerprint density at radius 3 is 2.42 bits per heavy atom. The monoisotopic (exact) mass is 383 g/mol. The molecule has 3 aromatic carbocycles.